The van der Waals surface area contributed by atoms with Gasteiger partial charge in [-0.25, -0.2) is 9.97 Å². The van der Waals surface area contributed by atoms with Crippen molar-refractivity contribution in [1.29, 1.82) is 0 Å². The van der Waals surface area contributed by atoms with Crippen molar-refractivity contribution in [3.63, 3.8) is 0 Å². The fourth-order valence-electron chi connectivity index (χ4n) is 4.65. The van der Waals surface area contributed by atoms with Crippen molar-refractivity contribution in [3.8, 4) is 23.1 Å². The molecule has 1 aliphatic heterocycles. The van der Waals surface area contributed by atoms with Crippen LogP contribution in [0.15, 0.2) is 42.7 Å². The molecule has 3 heterocycles. The van der Waals surface area contributed by atoms with Crippen molar-refractivity contribution >= 4 is 27.6 Å². The zero-order valence-electron chi connectivity index (χ0n) is 20.3. The highest BCUT2D eigenvalue weighted by molar-refractivity contribution is 5.87. The summed E-state index contributed by atoms with van der Waals surface area (Å²) >= 11 is 0. The second-order valence-corrected chi connectivity index (χ2v) is 9.24. The molecule has 0 amide bonds. The van der Waals surface area contributed by atoms with Crippen molar-refractivity contribution < 1.29 is 19.0 Å². The minimum Gasteiger partial charge on any atom is -0.493 e. The zero-order chi connectivity index (χ0) is 24.4. The topological polar surface area (TPSA) is 89.6 Å². The summed E-state index contributed by atoms with van der Waals surface area (Å²) < 4.78 is 18.0. The normalized spacial score (nSPS) is 14.9. The maximum absolute atomic E-state index is 11.4. The number of carbonyl (C=O) groups excluding carboxylic acids is 1. The molecule has 0 saturated carbocycles. The molecule has 0 spiro atoms. The molecule has 0 unspecified atom stereocenters. The van der Waals surface area contributed by atoms with Crippen LogP contribution in [0.1, 0.15) is 25.5 Å². The van der Waals surface area contributed by atoms with Gasteiger partial charge in [0.2, 0.25) is 5.88 Å². The molecule has 2 aromatic carbocycles. The van der Waals surface area contributed by atoms with Crippen LogP contribution in [0.5, 0.6) is 23.1 Å². The molecular weight excluding hydrogens is 444 g/mol. The van der Waals surface area contributed by atoms with Crippen molar-refractivity contribution in [2.75, 3.05) is 33.4 Å². The summed E-state index contributed by atoms with van der Waals surface area (Å²) in [5.41, 5.74) is 2.83. The number of carbonyl (C=O) groups is 1. The highest BCUT2D eigenvalue weighted by Gasteiger charge is 2.21. The molecule has 35 heavy (non-hydrogen) atoms. The van der Waals surface area contributed by atoms with Gasteiger partial charge in [-0.05, 0) is 75.3 Å². The molecule has 1 aliphatic rings. The van der Waals surface area contributed by atoms with Gasteiger partial charge in [0, 0.05) is 23.3 Å². The zero-order valence-corrected chi connectivity index (χ0v) is 20.3. The van der Waals surface area contributed by atoms with E-state index in [0.29, 0.717) is 42.2 Å². The van der Waals surface area contributed by atoms with E-state index in [0.717, 1.165) is 53.4 Å². The Hall–Kier alpha value is -3.65. The SMILES string of the molecule is COc1cc2c(Oc3ccc4cc(C)[nH]c4c3)ncnc2cc1OCC1CCN(CC(C)=O)CC1. The lowest BCUT2D eigenvalue weighted by molar-refractivity contribution is -0.118. The molecule has 5 rings (SSSR count). The lowest BCUT2D eigenvalue weighted by Crippen LogP contribution is -2.38. The molecule has 1 saturated heterocycles. The number of hydrogen-bond donors (Lipinski definition) is 1. The molecule has 8 nitrogen and oxygen atoms in total. The van der Waals surface area contributed by atoms with E-state index >= 15 is 0 Å². The monoisotopic (exact) mass is 474 g/mol. The first-order valence-corrected chi connectivity index (χ1v) is 11.9. The van der Waals surface area contributed by atoms with E-state index in [9.17, 15) is 4.79 Å². The highest BCUT2D eigenvalue weighted by Crippen LogP contribution is 2.37. The third-order valence-corrected chi connectivity index (χ3v) is 6.46. The minimum atomic E-state index is 0.214. The number of likely N-dealkylation sites (tertiary alicyclic amines) is 1. The summed E-state index contributed by atoms with van der Waals surface area (Å²) in [5.74, 6) is 3.07. The van der Waals surface area contributed by atoms with Gasteiger partial charge in [0.15, 0.2) is 11.5 Å². The lowest BCUT2D eigenvalue weighted by atomic mass is 9.97. The average Bonchev–Trinajstić information content (AvgIpc) is 3.22. The largest absolute Gasteiger partial charge is 0.493 e. The van der Waals surface area contributed by atoms with E-state index < -0.39 is 0 Å². The number of aryl methyl sites for hydroxylation is 1. The standard InChI is InChI=1S/C27H30N4O4/c1-17-10-20-4-5-21(11-23(20)30-17)35-27-22-12-25(33-3)26(13-24(22)28-16-29-27)34-15-19-6-8-31(9-7-19)14-18(2)32/h4-5,10-13,16,19,30H,6-9,14-15H2,1-3H3. The summed E-state index contributed by atoms with van der Waals surface area (Å²) in [6, 6.07) is 11.8. The Morgan fingerprint density at radius 3 is 2.71 bits per heavy atom. The molecule has 0 aliphatic carbocycles. The summed E-state index contributed by atoms with van der Waals surface area (Å²) in [5, 5.41) is 1.88. The number of ketones is 1. The second kappa shape index (κ2) is 9.92. The average molecular weight is 475 g/mol. The Bertz CT molecular complexity index is 1360. The van der Waals surface area contributed by atoms with Crippen LogP contribution in [-0.2, 0) is 4.79 Å². The fraction of sp³-hybridized carbons (Fsp3) is 0.370. The van der Waals surface area contributed by atoms with Gasteiger partial charge in [-0.3, -0.25) is 9.69 Å². The first-order valence-electron chi connectivity index (χ1n) is 11.9. The molecule has 182 valence electrons. The van der Waals surface area contributed by atoms with Crippen LogP contribution < -0.4 is 14.2 Å². The molecule has 0 bridgehead atoms. The van der Waals surface area contributed by atoms with Gasteiger partial charge < -0.3 is 19.2 Å². The maximum atomic E-state index is 11.4. The predicted molar refractivity (Wildman–Crippen MR) is 135 cm³/mol. The van der Waals surface area contributed by atoms with Crippen molar-refractivity contribution in [3.05, 3.63) is 48.4 Å². The molecule has 4 aromatic rings. The van der Waals surface area contributed by atoms with Crippen molar-refractivity contribution in [1.82, 2.24) is 19.9 Å². The first kappa shape index (κ1) is 23.1. The number of benzene rings is 2. The van der Waals surface area contributed by atoms with Gasteiger partial charge in [0.25, 0.3) is 0 Å². The molecule has 2 aromatic heterocycles. The molecule has 8 heteroatoms. The number of methoxy groups -OCH3 is 1. The number of aromatic nitrogens is 3. The van der Waals surface area contributed by atoms with E-state index in [4.69, 9.17) is 14.2 Å². The van der Waals surface area contributed by atoms with Crippen LogP contribution in [0.25, 0.3) is 21.8 Å². The Morgan fingerprint density at radius 2 is 1.94 bits per heavy atom. The number of fused-ring (bicyclic) bond motifs is 2. The molecule has 0 atom stereocenters. The third kappa shape index (κ3) is 5.22. The Balaban J connectivity index is 1.32. The smallest absolute Gasteiger partial charge is 0.230 e. The lowest BCUT2D eigenvalue weighted by Gasteiger charge is -2.31. The Morgan fingerprint density at radius 1 is 1.11 bits per heavy atom. The number of rotatable bonds is 8. The van der Waals surface area contributed by atoms with E-state index in [1.165, 1.54) is 6.33 Å². The fourth-order valence-corrected chi connectivity index (χ4v) is 4.65. The summed E-state index contributed by atoms with van der Waals surface area (Å²) in [6.45, 7) is 6.65. The number of nitrogens with one attached hydrogen (secondary N) is 1. The second-order valence-electron chi connectivity index (χ2n) is 9.24. The predicted octanol–water partition coefficient (Wildman–Crippen LogP) is 4.90. The van der Waals surface area contributed by atoms with E-state index in [2.05, 4.69) is 25.9 Å². The summed E-state index contributed by atoms with van der Waals surface area (Å²) in [4.78, 5) is 25.7. The number of piperidine rings is 1. The number of H-pyrrole nitrogens is 1. The van der Waals surface area contributed by atoms with Gasteiger partial charge >= 0.3 is 0 Å². The van der Waals surface area contributed by atoms with Crippen LogP contribution in [0.2, 0.25) is 0 Å². The highest BCUT2D eigenvalue weighted by atomic mass is 16.5. The number of nitrogens with zero attached hydrogens (tertiary/aromatic N) is 3. The van der Waals surface area contributed by atoms with E-state index in [1.807, 2.05) is 37.3 Å². The Kier molecular flexibility index (Phi) is 6.55. The van der Waals surface area contributed by atoms with Crippen LogP contribution in [0, 0.1) is 12.8 Å². The molecule has 1 fully saturated rings. The Labute approximate surface area is 204 Å². The third-order valence-electron chi connectivity index (χ3n) is 6.46. The van der Waals surface area contributed by atoms with Gasteiger partial charge in [-0.15, -0.1) is 0 Å². The molecule has 1 N–H and O–H groups in total. The number of ether oxygens (including phenoxy) is 3. The number of hydrogen-bond acceptors (Lipinski definition) is 7. The first-order chi connectivity index (χ1) is 17.0. The minimum absolute atomic E-state index is 0.214. The van der Waals surface area contributed by atoms with E-state index in [-0.39, 0.29) is 5.78 Å². The van der Waals surface area contributed by atoms with Gasteiger partial charge in [-0.2, -0.15) is 0 Å². The van der Waals surface area contributed by atoms with Gasteiger partial charge in [-0.1, -0.05) is 0 Å². The van der Waals surface area contributed by atoms with Crippen LogP contribution in [0.4, 0.5) is 0 Å². The van der Waals surface area contributed by atoms with Crippen LogP contribution in [0.3, 0.4) is 0 Å². The van der Waals surface area contributed by atoms with E-state index in [1.54, 1.807) is 14.0 Å². The van der Waals surface area contributed by atoms with Crippen molar-refractivity contribution in [2.24, 2.45) is 5.92 Å². The van der Waals surface area contributed by atoms with Gasteiger partial charge in [0.1, 0.15) is 17.9 Å². The van der Waals surface area contributed by atoms with Crippen LogP contribution in [-0.4, -0.2) is 59.0 Å². The quantitative estimate of drug-likeness (QED) is 0.388. The molecular formula is C27H30N4O4. The summed E-state index contributed by atoms with van der Waals surface area (Å²) in [7, 11) is 1.63. The number of Topliss-reactive ketones (excluding diaryl/α,β-unsaturated/α-hetero) is 1. The summed E-state index contributed by atoms with van der Waals surface area (Å²) in [6.07, 6.45) is 3.51. The van der Waals surface area contributed by atoms with Crippen molar-refractivity contribution in [2.45, 2.75) is 26.7 Å². The van der Waals surface area contributed by atoms with Crippen LogP contribution >= 0.6 is 0 Å². The van der Waals surface area contributed by atoms with Gasteiger partial charge in [0.05, 0.1) is 31.2 Å². The maximum Gasteiger partial charge on any atom is 0.230 e. The number of aromatic amines is 1. The molecule has 0 radical (unpaired) electrons.